The number of hydrogen-bond donors (Lipinski definition) is 0. The zero-order chi connectivity index (χ0) is 25.3. The maximum atomic E-state index is 13.9. The van der Waals surface area contributed by atoms with Crippen LogP contribution in [0.3, 0.4) is 0 Å². The van der Waals surface area contributed by atoms with Gasteiger partial charge < -0.3 is 4.74 Å². The number of carbonyl (C=O) groups is 1. The molecule has 0 aliphatic carbocycles. The molecule has 0 saturated carbocycles. The van der Waals surface area contributed by atoms with E-state index >= 15 is 0 Å². The molecule has 2 aromatic heterocycles. The summed E-state index contributed by atoms with van der Waals surface area (Å²) in [6.45, 7) is 5.84. The fourth-order valence-corrected chi connectivity index (χ4v) is 6.19. The second-order valence-electron chi connectivity index (χ2n) is 8.67. The van der Waals surface area contributed by atoms with Crippen LogP contribution in [0, 0.1) is 6.92 Å². The molecule has 3 heterocycles. The molecular weight excluding hydrogens is 498 g/mol. The number of aromatic nitrogens is 3. The molecule has 0 N–H and O–H groups in total. The first kappa shape index (κ1) is 24.6. The lowest BCUT2D eigenvalue weighted by atomic mass is 10.2. The van der Waals surface area contributed by atoms with Gasteiger partial charge in [-0.2, -0.15) is 5.10 Å². The van der Waals surface area contributed by atoms with E-state index in [1.54, 1.807) is 27.9 Å². The van der Waals surface area contributed by atoms with Gasteiger partial charge in [0, 0.05) is 32.4 Å². The average molecular weight is 526 g/mol. The lowest BCUT2D eigenvalue weighted by molar-refractivity contribution is 0.0391. The Labute approximate surface area is 213 Å². The highest BCUT2D eigenvalue weighted by Gasteiger charge is 2.27. The first-order valence-corrected chi connectivity index (χ1v) is 14.4. The van der Waals surface area contributed by atoms with Gasteiger partial charge in [0.15, 0.2) is 15.0 Å². The van der Waals surface area contributed by atoms with Gasteiger partial charge in [0.25, 0.3) is 5.91 Å². The van der Waals surface area contributed by atoms with E-state index in [2.05, 4.69) is 15.0 Å². The third kappa shape index (κ3) is 4.92. The largest absolute Gasteiger partial charge is 0.379 e. The molecule has 9 nitrogen and oxygen atoms in total. The van der Waals surface area contributed by atoms with Gasteiger partial charge in [-0.25, -0.2) is 18.1 Å². The number of thiazole rings is 1. The standard InChI is InChI=1S/C25H27N5O4S2/c1-18-20(17-26-30(18)19-7-4-3-5-8-19)24(31)29(12-11-28-13-15-34-16-14-28)25-27-23-21(35-25)9-6-10-22(23)36(2,32)33/h3-10,17H,11-16H2,1-2H3. The molecule has 0 bridgehead atoms. The van der Waals surface area contributed by atoms with Gasteiger partial charge >= 0.3 is 0 Å². The number of para-hydroxylation sites is 2. The Hall–Kier alpha value is -3.12. The third-order valence-electron chi connectivity index (χ3n) is 6.23. The van der Waals surface area contributed by atoms with Crippen LogP contribution < -0.4 is 4.90 Å². The van der Waals surface area contributed by atoms with Gasteiger partial charge in [-0.15, -0.1) is 0 Å². The number of rotatable bonds is 7. The molecule has 0 spiro atoms. The van der Waals surface area contributed by atoms with E-state index in [-0.39, 0.29) is 10.8 Å². The molecule has 1 saturated heterocycles. The van der Waals surface area contributed by atoms with E-state index in [1.165, 1.54) is 17.6 Å². The van der Waals surface area contributed by atoms with Crippen LogP contribution in [0.4, 0.5) is 5.13 Å². The van der Waals surface area contributed by atoms with Gasteiger partial charge in [-0.05, 0) is 31.2 Å². The average Bonchev–Trinajstić information content (AvgIpc) is 3.48. The van der Waals surface area contributed by atoms with Gasteiger partial charge in [0.2, 0.25) is 0 Å². The maximum Gasteiger partial charge on any atom is 0.263 e. The summed E-state index contributed by atoms with van der Waals surface area (Å²) in [6, 6.07) is 14.7. The second-order valence-corrected chi connectivity index (χ2v) is 11.7. The normalized spacial score (nSPS) is 14.8. The quantitative estimate of drug-likeness (QED) is 0.366. The number of morpholine rings is 1. The predicted molar refractivity (Wildman–Crippen MR) is 140 cm³/mol. The van der Waals surface area contributed by atoms with Crippen molar-refractivity contribution in [1.29, 1.82) is 0 Å². The molecule has 188 valence electrons. The van der Waals surface area contributed by atoms with Crippen molar-refractivity contribution in [2.24, 2.45) is 0 Å². The van der Waals surface area contributed by atoms with Crippen molar-refractivity contribution in [2.75, 3.05) is 50.5 Å². The molecule has 1 aliphatic heterocycles. The number of amides is 1. The molecule has 0 radical (unpaired) electrons. The SMILES string of the molecule is Cc1c(C(=O)N(CCN2CCOCC2)c2nc3c(S(C)(=O)=O)cccc3s2)cnn1-c1ccccc1. The van der Waals surface area contributed by atoms with Crippen molar-refractivity contribution in [1.82, 2.24) is 19.7 Å². The van der Waals surface area contributed by atoms with Crippen molar-refractivity contribution in [2.45, 2.75) is 11.8 Å². The summed E-state index contributed by atoms with van der Waals surface area (Å²) in [4.78, 5) is 22.6. The molecule has 11 heteroatoms. The first-order chi connectivity index (χ1) is 17.3. The summed E-state index contributed by atoms with van der Waals surface area (Å²) in [5.74, 6) is -0.220. The van der Waals surface area contributed by atoms with Crippen LogP contribution in [-0.4, -0.2) is 79.6 Å². The van der Waals surface area contributed by atoms with E-state index in [1.807, 2.05) is 43.3 Å². The molecule has 1 fully saturated rings. The monoisotopic (exact) mass is 525 g/mol. The van der Waals surface area contributed by atoms with Gasteiger partial charge in [0.1, 0.15) is 5.52 Å². The molecule has 36 heavy (non-hydrogen) atoms. The Balaban J connectivity index is 1.53. The smallest absolute Gasteiger partial charge is 0.263 e. The van der Waals surface area contributed by atoms with Crippen molar-refractivity contribution in [3.05, 3.63) is 66.0 Å². The summed E-state index contributed by atoms with van der Waals surface area (Å²) in [7, 11) is -3.47. The van der Waals surface area contributed by atoms with E-state index in [9.17, 15) is 13.2 Å². The fraction of sp³-hybridized carbons (Fsp3) is 0.320. The Bertz CT molecular complexity index is 1490. The van der Waals surface area contributed by atoms with Crippen molar-refractivity contribution >= 4 is 42.4 Å². The molecule has 0 atom stereocenters. The molecule has 1 aliphatic rings. The lowest BCUT2D eigenvalue weighted by Gasteiger charge is -2.29. The predicted octanol–water partition coefficient (Wildman–Crippen LogP) is 3.17. The Morgan fingerprint density at radius 2 is 1.86 bits per heavy atom. The maximum absolute atomic E-state index is 13.9. The summed E-state index contributed by atoms with van der Waals surface area (Å²) in [6.07, 6.45) is 2.76. The highest BCUT2D eigenvalue weighted by Crippen LogP contribution is 2.33. The number of sulfone groups is 1. The Morgan fingerprint density at radius 3 is 2.58 bits per heavy atom. The van der Waals surface area contributed by atoms with Crippen LogP contribution >= 0.6 is 11.3 Å². The Morgan fingerprint density at radius 1 is 1.11 bits per heavy atom. The highest BCUT2D eigenvalue weighted by molar-refractivity contribution is 7.91. The number of fused-ring (bicyclic) bond motifs is 1. The number of anilines is 1. The number of hydrogen-bond acceptors (Lipinski definition) is 8. The van der Waals surface area contributed by atoms with E-state index in [0.29, 0.717) is 47.2 Å². The highest BCUT2D eigenvalue weighted by atomic mass is 32.2. The molecular formula is C25H27N5O4S2. The molecule has 0 unspecified atom stereocenters. The number of benzene rings is 2. The van der Waals surface area contributed by atoms with Crippen LogP contribution in [0.25, 0.3) is 15.9 Å². The minimum absolute atomic E-state index is 0.163. The summed E-state index contributed by atoms with van der Waals surface area (Å²) < 4.78 is 32.6. The molecule has 1 amide bonds. The minimum atomic E-state index is -3.47. The molecule has 5 rings (SSSR count). The Kier molecular flexibility index (Phi) is 6.89. The van der Waals surface area contributed by atoms with E-state index in [0.717, 1.165) is 24.5 Å². The summed E-state index contributed by atoms with van der Waals surface area (Å²) in [5, 5.41) is 4.93. The van der Waals surface area contributed by atoms with Crippen molar-refractivity contribution in [3.63, 3.8) is 0 Å². The second kappa shape index (κ2) is 10.1. The number of ether oxygens (including phenoxy) is 1. The zero-order valence-corrected chi connectivity index (χ0v) is 21.8. The summed E-state index contributed by atoms with van der Waals surface area (Å²) in [5.41, 5.74) is 2.46. The number of nitrogens with zero attached hydrogens (tertiary/aromatic N) is 5. The fourth-order valence-electron chi connectivity index (χ4n) is 4.27. The van der Waals surface area contributed by atoms with Gasteiger partial charge in [-0.1, -0.05) is 35.6 Å². The van der Waals surface area contributed by atoms with Crippen LogP contribution in [0.5, 0.6) is 0 Å². The first-order valence-electron chi connectivity index (χ1n) is 11.6. The van der Waals surface area contributed by atoms with Crippen LogP contribution in [0.2, 0.25) is 0 Å². The lowest BCUT2D eigenvalue weighted by Crippen LogP contribution is -2.43. The van der Waals surface area contributed by atoms with Crippen molar-refractivity contribution < 1.29 is 17.9 Å². The van der Waals surface area contributed by atoms with E-state index < -0.39 is 9.84 Å². The topological polar surface area (TPSA) is 97.6 Å². The van der Waals surface area contributed by atoms with Gasteiger partial charge in [0.05, 0.1) is 46.0 Å². The van der Waals surface area contributed by atoms with Crippen LogP contribution in [0.15, 0.2) is 59.6 Å². The molecule has 2 aromatic carbocycles. The van der Waals surface area contributed by atoms with E-state index in [4.69, 9.17) is 4.74 Å². The third-order valence-corrected chi connectivity index (χ3v) is 8.40. The summed E-state index contributed by atoms with van der Waals surface area (Å²) >= 11 is 1.31. The van der Waals surface area contributed by atoms with Gasteiger partial charge in [-0.3, -0.25) is 14.6 Å². The van der Waals surface area contributed by atoms with Crippen LogP contribution in [-0.2, 0) is 14.6 Å². The van der Waals surface area contributed by atoms with Crippen LogP contribution in [0.1, 0.15) is 16.1 Å². The minimum Gasteiger partial charge on any atom is -0.379 e. The number of carbonyl (C=O) groups excluding carboxylic acids is 1. The molecule has 4 aromatic rings. The zero-order valence-electron chi connectivity index (χ0n) is 20.1. The van der Waals surface area contributed by atoms with Crippen molar-refractivity contribution in [3.8, 4) is 5.69 Å².